The monoisotopic (exact) mass is 340 g/mol. The number of hydrogen-bond acceptors (Lipinski definition) is 5. The van der Waals surface area contributed by atoms with E-state index in [2.05, 4.69) is 5.32 Å². The predicted molar refractivity (Wildman–Crippen MR) is 89.1 cm³/mol. The molecule has 0 aliphatic heterocycles. The summed E-state index contributed by atoms with van der Waals surface area (Å²) in [5, 5.41) is 2.73. The van der Waals surface area contributed by atoms with Gasteiger partial charge in [-0.15, -0.1) is 0 Å². The average Bonchev–Trinajstić information content (AvgIpc) is 3.26. The Kier molecular flexibility index (Phi) is 5.31. The second kappa shape index (κ2) is 6.88. The van der Waals surface area contributed by atoms with E-state index in [0.717, 1.165) is 24.1 Å². The molecule has 1 aliphatic carbocycles. The number of hydrogen-bond donors (Lipinski definition) is 1. The second-order valence-corrected chi connectivity index (χ2v) is 8.57. The van der Waals surface area contributed by atoms with Crippen LogP contribution in [-0.2, 0) is 21.2 Å². The largest absolute Gasteiger partial charge is 0.492 e. The first-order valence-corrected chi connectivity index (χ1v) is 9.48. The Labute approximate surface area is 137 Å². The molecule has 0 bridgehead atoms. The van der Waals surface area contributed by atoms with Crippen molar-refractivity contribution in [3.05, 3.63) is 29.8 Å². The Balaban J connectivity index is 1.90. The minimum atomic E-state index is -3.36. The first-order chi connectivity index (χ1) is 10.7. The summed E-state index contributed by atoms with van der Waals surface area (Å²) in [5.74, 6) is 0.335. The lowest BCUT2D eigenvalue weighted by Gasteiger charge is -2.14. The summed E-state index contributed by atoms with van der Waals surface area (Å²) in [6.07, 6.45) is 1.94. The van der Waals surface area contributed by atoms with Crippen LogP contribution >= 0.6 is 0 Å². The van der Waals surface area contributed by atoms with Gasteiger partial charge in [-0.25, -0.2) is 8.42 Å². The van der Waals surface area contributed by atoms with Crippen LogP contribution < -0.4 is 10.1 Å². The van der Waals surface area contributed by atoms with Crippen LogP contribution in [0, 0.1) is 0 Å². The van der Waals surface area contributed by atoms with Gasteiger partial charge in [-0.05, 0) is 44.6 Å². The van der Waals surface area contributed by atoms with Gasteiger partial charge in [0, 0.05) is 19.3 Å². The minimum absolute atomic E-state index is 0.293. The summed E-state index contributed by atoms with van der Waals surface area (Å²) in [4.78, 5) is 14.2. The van der Waals surface area contributed by atoms with Crippen molar-refractivity contribution in [2.45, 2.75) is 24.1 Å². The van der Waals surface area contributed by atoms with Crippen LogP contribution in [0.15, 0.2) is 24.3 Å². The van der Waals surface area contributed by atoms with Gasteiger partial charge in [0.15, 0.2) is 14.6 Å². The maximum Gasteiger partial charge on any atom is 0.241 e. The summed E-state index contributed by atoms with van der Waals surface area (Å²) >= 11 is 0. The third-order valence-electron chi connectivity index (χ3n) is 3.99. The third-order valence-corrected chi connectivity index (χ3v) is 6.00. The summed E-state index contributed by atoms with van der Waals surface area (Å²) in [5.41, 5.74) is 0.880. The van der Waals surface area contributed by atoms with E-state index in [1.54, 1.807) is 0 Å². The Morgan fingerprint density at radius 2 is 2.04 bits per heavy atom. The molecule has 1 aromatic rings. The Morgan fingerprint density at radius 3 is 2.61 bits per heavy atom. The molecule has 23 heavy (non-hydrogen) atoms. The first-order valence-electron chi connectivity index (χ1n) is 7.59. The van der Waals surface area contributed by atoms with Crippen LogP contribution in [0.5, 0.6) is 5.75 Å². The molecule has 1 aliphatic rings. The Hall–Kier alpha value is -1.60. The Morgan fingerprint density at radius 1 is 1.35 bits per heavy atom. The molecule has 7 heteroatoms. The highest BCUT2D eigenvalue weighted by molar-refractivity contribution is 7.93. The number of ether oxygens (including phenoxy) is 1. The molecule has 0 radical (unpaired) electrons. The lowest BCUT2D eigenvalue weighted by molar-refractivity contribution is -0.121. The number of carbonyl (C=O) groups is 1. The van der Waals surface area contributed by atoms with E-state index in [1.807, 2.05) is 43.3 Å². The first kappa shape index (κ1) is 17.7. The smallest absolute Gasteiger partial charge is 0.241 e. The van der Waals surface area contributed by atoms with E-state index in [1.165, 1.54) is 0 Å². The van der Waals surface area contributed by atoms with Crippen LogP contribution in [0.25, 0.3) is 0 Å². The van der Waals surface area contributed by atoms with Gasteiger partial charge in [0.2, 0.25) is 5.91 Å². The predicted octanol–water partition coefficient (Wildman–Crippen LogP) is 0.820. The molecule has 1 fully saturated rings. The second-order valence-electron chi connectivity index (χ2n) is 6.25. The maximum atomic E-state index is 12.2. The van der Waals surface area contributed by atoms with Crippen LogP contribution in [0.2, 0.25) is 0 Å². The number of nitrogens with one attached hydrogen (secondary N) is 1. The molecule has 6 nitrogen and oxygen atoms in total. The SMILES string of the molecule is CN(C)CCOc1cccc(CNC(=O)C2(S(C)(=O)=O)CC2)c1. The molecule has 1 N–H and O–H groups in total. The van der Waals surface area contributed by atoms with E-state index in [9.17, 15) is 13.2 Å². The van der Waals surface area contributed by atoms with E-state index in [-0.39, 0.29) is 0 Å². The van der Waals surface area contributed by atoms with E-state index >= 15 is 0 Å². The van der Waals surface area contributed by atoms with E-state index < -0.39 is 20.5 Å². The number of carbonyl (C=O) groups excluding carboxylic acids is 1. The van der Waals surface area contributed by atoms with Crippen molar-refractivity contribution < 1.29 is 17.9 Å². The number of nitrogens with zero attached hydrogens (tertiary/aromatic N) is 1. The average molecular weight is 340 g/mol. The van der Waals surface area contributed by atoms with Gasteiger partial charge < -0.3 is 15.0 Å². The molecule has 0 heterocycles. The normalized spacial score (nSPS) is 16.2. The van der Waals surface area contributed by atoms with Crippen LogP contribution in [0.1, 0.15) is 18.4 Å². The fraction of sp³-hybridized carbons (Fsp3) is 0.562. The topological polar surface area (TPSA) is 75.7 Å². The lowest BCUT2D eigenvalue weighted by atomic mass is 10.2. The van der Waals surface area contributed by atoms with Crippen LogP contribution in [0.3, 0.4) is 0 Å². The van der Waals surface area contributed by atoms with Crippen molar-refractivity contribution in [3.8, 4) is 5.75 Å². The van der Waals surface area contributed by atoms with Crippen molar-refractivity contribution in [1.82, 2.24) is 10.2 Å². The molecule has 0 unspecified atom stereocenters. The molecule has 0 aromatic heterocycles. The summed E-state index contributed by atoms with van der Waals surface area (Å²) in [6, 6.07) is 7.45. The zero-order chi connectivity index (χ0) is 17.1. The number of benzene rings is 1. The number of likely N-dealkylation sites (N-methyl/N-ethyl adjacent to an activating group) is 1. The van der Waals surface area contributed by atoms with Gasteiger partial charge in [0.25, 0.3) is 0 Å². The fourth-order valence-electron chi connectivity index (χ4n) is 2.31. The van der Waals surface area contributed by atoms with Crippen molar-refractivity contribution >= 4 is 15.7 Å². The number of amides is 1. The number of rotatable bonds is 8. The molecular formula is C16H24N2O4S. The van der Waals surface area contributed by atoms with Gasteiger partial charge >= 0.3 is 0 Å². The van der Waals surface area contributed by atoms with Gasteiger partial charge in [0.1, 0.15) is 12.4 Å². The van der Waals surface area contributed by atoms with Crippen molar-refractivity contribution in [3.63, 3.8) is 0 Å². The van der Waals surface area contributed by atoms with Gasteiger partial charge in [0.05, 0.1) is 0 Å². The molecule has 128 valence electrons. The highest BCUT2D eigenvalue weighted by Gasteiger charge is 2.58. The van der Waals surface area contributed by atoms with Gasteiger partial charge in [-0.1, -0.05) is 12.1 Å². The van der Waals surface area contributed by atoms with E-state index in [0.29, 0.717) is 26.0 Å². The molecule has 2 rings (SSSR count). The highest BCUT2D eigenvalue weighted by Crippen LogP contribution is 2.43. The zero-order valence-corrected chi connectivity index (χ0v) is 14.6. The number of sulfone groups is 1. The van der Waals surface area contributed by atoms with Crippen molar-refractivity contribution in [1.29, 1.82) is 0 Å². The molecule has 1 saturated carbocycles. The standard InChI is InChI=1S/C16H24N2O4S/c1-18(2)9-10-22-14-6-4-5-13(11-14)12-17-15(19)16(7-8-16)23(3,20)21/h4-6,11H,7-10,12H2,1-3H3,(H,17,19). The molecule has 1 aromatic carbocycles. The quantitative estimate of drug-likeness (QED) is 0.758. The summed E-state index contributed by atoms with van der Waals surface area (Å²) in [6.45, 7) is 1.69. The van der Waals surface area contributed by atoms with Crippen LogP contribution in [-0.4, -0.2) is 57.5 Å². The maximum absolute atomic E-state index is 12.2. The minimum Gasteiger partial charge on any atom is -0.492 e. The molecule has 0 saturated heterocycles. The van der Waals surface area contributed by atoms with Crippen molar-refractivity contribution in [2.75, 3.05) is 33.5 Å². The Bertz CT molecular complexity index is 666. The highest BCUT2D eigenvalue weighted by atomic mass is 32.2. The molecular weight excluding hydrogens is 316 g/mol. The van der Waals surface area contributed by atoms with Crippen LogP contribution in [0.4, 0.5) is 0 Å². The molecule has 0 atom stereocenters. The van der Waals surface area contributed by atoms with Gasteiger partial charge in [-0.3, -0.25) is 4.79 Å². The zero-order valence-electron chi connectivity index (χ0n) is 13.8. The van der Waals surface area contributed by atoms with E-state index in [4.69, 9.17) is 4.74 Å². The molecule has 0 spiro atoms. The summed E-state index contributed by atoms with van der Waals surface area (Å²) < 4.78 is 27.9. The third kappa shape index (κ3) is 4.45. The van der Waals surface area contributed by atoms with Gasteiger partial charge in [-0.2, -0.15) is 0 Å². The fourth-order valence-corrected chi connectivity index (χ4v) is 3.57. The lowest BCUT2D eigenvalue weighted by Crippen LogP contribution is -2.41. The van der Waals surface area contributed by atoms with Crippen molar-refractivity contribution in [2.24, 2.45) is 0 Å². The summed E-state index contributed by atoms with van der Waals surface area (Å²) in [7, 11) is 0.589. The molecule has 1 amide bonds.